The van der Waals surface area contributed by atoms with Crippen LogP contribution in [0.25, 0.3) is 0 Å². The van der Waals surface area contributed by atoms with Crippen LogP contribution >= 0.6 is 11.8 Å². The van der Waals surface area contributed by atoms with E-state index in [9.17, 15) is 4.79 Å². The Morgan fingerprint density at radius 1 is 1.50 bits per heavy atom. The maximum atomic E-state index is 12.1. The molecule has 110 valence electrons. The zero-order valence-corrected chi connectivity index (χ0v) is 13.3. The molecule has 1 fully saturated rings. The summed E-state index contributed by atoms with van der Waals surface area (Å²) in [6.07, 6.45) is 0.572. The fourth-order valence-corrected chi connectivity index (χ4v) is 3.61. The van der Waals surface area contributed by atoms with Gasteiger partial charge in [0.25, 0.3) is 0 Å². The highest BCUT2D eigenvalue weighted by atomic mass is 32.2. The van der Waals surface area contributed by atoms with E-state index >= 15 is 0 Å². The maximum Gasteiger partial charge on any atom is 0.222 e. The number of amides is 1. The average molecular weight is 292 g/mol. The normalized spacial score (nSPS) is 20.4. The van der Waals surface area contributed by atoms with Gasteiger partial charge in [0.1, 0.15) is 0 Å². The third-order valence-electron chi connectivity index (χ3n) is 3.70. The number of carbonyl (C=O) groups excluding carboxylic acids is 1. The summed E-state index contributed by atoms with van der Waals surface area (Å²) in [5, 5.41) is 6.52. The molecule has 2 atom stereocenters. The van der Waals surface area contributed by atoms with Gasteiger partial charge in [-0.3, -0.25) is 4.79 Å². The van der Waals surface area contributed by atoms with Gasteiger partial charge < -0.3 is 10.6 Å². The molecular formula is C16H24N2OS. The van der Waals surface area contributed by atoms with Crippen molar-refractivity contribution in [3.05, 3.63) is 34.9 Å². The van der Waals surface area contributed by atoms with E-state index in [-0.39, 0.29) is 11.9 Å². The molecule has 1 aliphatic heterocycles. The second-order valence-corrected chi connectivity index (χ2v) is 6.73. The molecule has 1 aromatic carbocycles. The molecular weight excluding hydrogens is 268 g/mol. The molecule has 2 unspecified atom stereocenters. The van der Waals surface area contributed by atoms with Crippen LogP contribution in [-0.2, 0) is 4.79 Å². The van der Waals surface area contributed by atoms with E-state index in [1.165, 1.54) is 16.7 Å². The first kappa shape index (κ1) is 15.4. The van der Waals surface area contributed by atoms with E-state index < -0.39 is 0 Å². The second-order valence-electron chi connectivity index (χ2n) is 5.58. The number of benzene rings is 1. The zero-order chi connectivity index (χ0) is 14.5. The number of hydrogen-bond acceptors (Lipinski definition) is 3. The van der Waals surface area contributed by atoms with Crippen LogP contribution in [0.3, 0.4) is 0 Å². The van der Waals surface area contributed by atoms with Gasteiger partial charge in [0.2, 0.25) is 5.91 Å². The lowest BCUT2D eigenvalue weighted by Crippen LogP contribution is -2.41. The van der Waals surface area contributed by atoms with Crippen LogP contribution in [0, 0.1) is 13.8 Å². The lowest BCUT2D eigenvalue weighted by atomic mass is 10.00. The van der Waals surface area contributed by atoms with E-state index in [4.69, 9.17) is 0 Å². The molecule has 0 spiro atoms. The largest absolute Gasteiger partial charge is 0.350 e. The first-order chi connectivity index (χ1) is 9.56. The number of thioether (sulfide) groups is 1. The number of aryl methyl sites for hydroxylation is 2. The fourth-order valence-electron chi connectivity index (χ4n) is 2.66. The molecule has 2 N–H and O–H groups in total. The predicted octanol–water partition coefficient (Wildman–Crippen LogP) is 2.58. The van der Waals surface area contributed by atoms with Crippen molar-refractivity contribution >= 4 is 17.7 Å². The van der Waals surface area contributed by atoms with Crippen molar-refractivity contribution in [3.63, 3.8) is 0 Å². The minimum atomic E-state index is 0.0688. The van der Waals surface area contributed by atoms with Crippen molar-refractivity contribution in [2.75, 3.05) is 18.1 Å². The molecule has 1 saturated heterocycles. The predicted molar refractivity (Wildman–Crippen MR) is 86.2 cm³/mol. The van der Waals surface area contributed by atoms with Gasteiger partial charge in [-0.05, 0) is 31.9 Å². The summed E-state index contributed by atoms with van der Waals surface area (Å²) in [4.78, 5) is 12.1. The summed E-state index contributed by atoms with van der Waals surface area (Å²) in [6.45, 7) is 7.25. The van der Waals surface area contributed by atoms with Gasteiger partial charge in [-0.1, -0.05) is 23.8 Å². The van der Waals surface area contributed by atoms with Gasteiger partial charge in [0.05, 0.1) is 6.04 Å². The molecule has 2 rings (SSSR count). The van der Waals surface area contributed by atoms with Gasteiger partial charge >= 0.3 is 0 Å². The molecule has 0 aliphatic carbocycles. The van der Waals surface area contributed by atoms with Gasteiger partial charge in [-0.15, -0.1) is 0 Å². The van der Waals surface area contributed by atoms with Crippen molar-refractivity contribution in [2.24, 2.45) is 0 Å². The molecule has 1 aromatic rings. The summed E-state index contributed by atoms with van der Waals surface area (Å²) >= 11 is 1.92. The van der Waals surface area contributed by atoms with Gasteiger partial charge in [-0.2, -0.15) is 11.8 Å². The Kier molecular flexibility index (Phi) is 5.49. The minimum absolute atomic E-state index is 0.0688. The van der Waals surface area contributed by atoms with Crippen LogP contribution in [0.2, 0.25) is 0 Å². The van der Waals surface area contributed by atoms with Crippen molar-refractivity contribution < 1.29 is 4.79 Å². The Hall–Kier alpha value is -1.00. The van der Waals surface area contributed by atoms with E-state index in [2.05, 4.69) is 49.6 Å². The van der Waals surface area contributed by atoms with Gasteiger partial charge in [0, 0.05) is 30.5 Å². The topological polar surface area (TPSA) is 41.1 Å². The Bertz CT molecular complexity index is 470. The Labute approximate surface area is 125 Å². The monoisotopic (exact) mass is 292 g/mol. The zero-order valence-electron chi connectivity index (χ0n) is 12.5. The van der Waals surface area contributed by atoms with Crippen LogP contribution in [0.4, 0.5) is 0 Å². The van der Waals surface area contributed by atoms with Crippen LogP contribution in [0.5, 0.6) is 0 Å². The molecule has 0 saturated carbocycles. The highest BCUT2D eigenvalue weighted by Gasteiger charge is 2.18. The van der Waals surface area contributed by atoms with Crippen molar-refractivity contribution in [1.29, 1.82) is 0 Å². The molecule has 0 radical (unpaired) electrons. The van der Waals surface area contributed by atoms with Crippen molar-refractivity contribution in [3.8, 4) is 0 Å². The minimum Gasteiger partial charge on any atom is -0.350 e. The molecule has 1 heterocycles. The summed E-state index contributed by atoms with van der Waals surface area (Å²) in [6, 6.07) is 6.77. The van der Waals surface area contributed by atoms with Crippen LogP contribution < -0.4 is 10.6 Å². The maximum absolute atomic E-state index is 12.1. The SMILES string of the molecule is Cc1ccc(C(C)NC(=O)CC2CSCCN2)c(C)c1. The summed E-state index contributed by atoms with van der Waals surface area (Å²) < 4.78 is 0. The summed E-state index contributed by atoms with van der Waals surface area (Å²) in [5.41, 5.74) is 3.70. The van der Waals surface area contributed by atoms with Crippen molar-refractivity contribution in [1.82, 2.24) is 10.6 Å². The number of hydrogen-bond donors (Lipinski definition) is 2. The smallest absolute Gasteiger partial charge is 0.222 e. The third-order valence-corrected chi connectivity index (χ3v) is 4.83. The highest BCUT2D eigenvalue weighted by Crippen LogP contribution is 2.19. The lowest BCUT2D eigenvalue weighted by molar-refractivity contribution is -0.122. The molecule has 4 heteroatoms. The number of carbonyl (C=O) groups is 1. The standard InChI is InChI=1S/C16H24N2OS/c1-11-4-5-15(12(2)8-11)13(3)18-16(19)9-14-10-20-7-6-17-14/h4-5,8,13-14,17H,6-7,9-10H2,1-3H3,(H,18,19). The third kappa shape index (κ3) is 4.25. The Morgan fingerprint density at radius 3 is 2.95 bits per heavy atom. The number of nitrogens with one attached hydrogen (secondary N) is 2. The molecule has 3 nitrogen and oxygen atoms in total. The Morgan fingerprint density at radius 2 is 2.30 bits per heavy atom. The quantitative estimate of drug-likeness (QED) is 0.896. The van der Waals surface area contributed by atoms with E-state index in [1.807, 2.05) is 11.8 Å². The first-order valence-corrected chi connectivity index (χ1v) is 8.39. The second kappa shape index (κ2) is 7.14. The van der Waals surface area contributed by atoms with E-state index in [0.717, 1.165) is 18.1 Å². The van der Waals surface area contributed by atoms with Crippen LogP contribution in [-0.4, -0.2) is 30.0 Å². The highest BCUT2D eigenvalue weighted by molar-refractivity contribution is 7.99. The van der Waals surface area contributed by atoms with Crippen molar-refractivity contribution in [2.45, 2.75) is 39.3 Å². The van der Waals surface area contributed by atoms with Crippen LogP contribution in [0.1, 0.15) is 36.1 Å². The van der Waals surface area contributed by atoms with Gasteiger partial charge in [-0.25, -0.2) is 0 Å². The summed E-state index contributed by atoms with van der Waals surface area (Å²) in [7, 11) is 0. The molecule has 1 amide bonds. The first-order valence-electron chi connectivity index (χ1n) is 7.24. The fraction of sp³-hybridized carbons (Fsp3) is 0.562. The number of rotatable bonds is 4. The van der Waals surface area contributed by atoms with Gasteiger partial charge in [0.15, 0.2) is 0 Å². The molecule has 20 heavy (non-hydrogen) atoms. The Balaban J connectivity index is 1.89. The van der Waals surface area contributed by atoms with Crippen LogP contribution in [0.15, 0.2) is 18.2 Å². The molecule has 0 aromatic heterocycles. The summed E-state index contributed by atoms with van der Waals surface area (Å²) in [5.74, 6) is 2.32. The molecule has 0 bridgehead atoms. The average Bonchev–Trinajstić information content (AvgIpc) is 2.39. The van der Waals surface area contributed by atoms with E-state index in [1.54, 1.807) is 0 Å². The molecule has 1 aliphatic rings. The van der Waals surface area contributed by atoms with E-state index in [0.29, 0.717) is 12.5 Å². The lowest BCUT2D eigenvalue weighted by Gasteiger charge is -2.24.